The number of benzodiazepines with no additional fused rings is 1. The van der Waals surface area contributed by atoms with Crippen molar-refractivity contribution in [3.63, 3.8) is 0 Å². The number of anilines is 1. The lowest BCUT2D eigenvalue weighted by molar-refractivity contribution is -0.312. The van der Waals surface area contributed by atoms with Gasteiger partial charge in [0.25, 0.3) is 5.91 Å². The SMILES string of the molecule is N/C(=C\C=C(/[NH3+])NC1N=C(c2ccccc2)c2ccccc2NC1=O)c1ccccc1. The lowest BCUT2D eigenvalue weighted by atomic mass is 10.0. The molecule has 3 aromatic carbocycles. The average Bonchev–Trinajstić information content (AvgIpc) is 2.95. The highest BCUT2D eigenvalue weighted by Crippen LogP contribution is 2.23. The van der Waals surface area contributed by atoms with E-state index in [0.717, 1.165) is 28.1 Å². The third-order valence-electron chi connectivity index (χ3n) is 4.89. The first-order valence-corrected chi connectivity index (χ1v) is 9.96. The Hall–Kier alpha value is -4.16. The van der Waals surface area contributed by atoms with E-state index in [-0.39, 0.29) is 5.91 Å². The molecule has 6 heteroatoms. The van der Waals surface area contributed by atoms with Crippen LogP contribution < -0.4 is 22.1 Å². The van der Waals surface area contributed by atoms with Gasteiger partial charge in [0.1, 0.15) is 0 Å². The Morgan fingerprint density at radius 1 is 0.935 bits per heavy atom. The zero-order chi connectivity index (χ0) is 21.6. The number of allylic oxidation sites excluding steroid dienone is 2. The Morgan fingerprint density at radius 2 is 1.58 bits per heavy atom. The monoisotopic (exact) mass is 410 g/mol. The summed E-state index contributed by atoms with van der Waals surface area (Å²) in [4.78, 5) is 17.6. The number of nitrogens with zero attached hydrogens (tertiary/aromatic N) is 1. The summed E-state index contributed by atoms with van der Waals surface area (Å²) in [5.41, 5.74) is 14.9. The summed E-state index contributed by atoms with van der Waals surface area (Å²) < 4.78 is 0. The number of nitrogens with one attached hydrogen (secondary N) is 2. The zero-order valence-corrected chi connectivity index (χ0v) is 17.0. The number of rotatable bonds is 5. The van der Waals surface area contributed by atoms with Crippen LogP contribution in [0.2, 0.25) is 0 Å². The molecule has 1 amide bonds. The smallest absolute Gasteiger partial charge is 0.269 e. The van der Waals surface area contributed by atoms with Crippen LogP contribution in [0.1, 0.15) is 16.7 Å². The highest BCUT2D eigenvalue weighted by molar-refractivity contribution is 6.19. The Labute approximate surface area is 181 Å². The van der Waals surface area contributed by atoms with Crippen LogP contribution in [0.4, 0.5) is 5.69 Å². The van der Waals surface area contributed by atoms with Crippen molar-refractivity contribution in [3.05, 3.63) is 120 Å². The zero-order valence-electron chi connectivity index (χ0n) is 17.0. The summed E-state index contributed by atoms with van der Waals surface area (Å²) in [7, 11) is 0. The van der Waals surface area contributed by atoms with E-state index in [0.29, 0.717) is 11.5 Å². The van der Waals surface area contributed by atoms with E-state index in [9.17, 15) is 4.79 Å². The molecule has 0 saturated heterocycles. The molecule has 4 rings (SSSR count). The molecule has 1 atom stereocenters. The van der Waals surface area contributed by atoms with Gasteiger partial charge in [-0.3, -0.25) is 4.79 Å². The second-order valence-electron chi connectivity index (χ2n) is 7.11. The molecule has 154 valence electrons. The molecule has 0 saturated carbocycles. The number of carbonyl (C=O) groups excluding carboxylic acids is 1. The van der Waals surface area contributed by atoms with Crippen molar-refractivity contribution >= 4 is 23.0 Å². The molecule has 0 aliphatic carbocycles. The lowest BCUT2D eigenvalue weighted by Crippen LogP contribution is -2.57. The van der Waals surface area contributed by atoms with Gasteiger partial charge in [0.15, 0.2) is 5.82 Å². The summed E-state index contributed by atoms with van der Waals surface area (Å²) in [6.45, 7) is 0. The third kappa shape index (κ3) is 4.71. The van der Waals surface area contributed by atoms with Crippen LogP contribution in [0.15, 0.2) is 108 Å². The van der Waals surface area contributed by atoms with E-state index in [1.165, 1.54) is 0 Å². The molecule has 3 aromatic rings. The first-order valence-electron chi connectivity index (χ1n) is 9.96. The minimum absolute atomic E-state index is 0.257. The van der Waals surface area contributed by atoms with E-state index in [1.807, 2.05) is 84.9 Å². The molecule has 0 fully saturated rings. The lowest BCUT2D eigenvalue weighted by Gasteiger charge is -2.12. The number of amides is 1. The molecule has 1 heterocycles. The maximum absolute atomic E-state index is 12.9. The van der Waals surface area contributed by atoms with E-state index < -0.39 is 6.17 Å². The van der Waals surface area contributed by atoms with E-state index in [1.54, 1.807) is 12.2 Å². The van der Waals surface area contributed by atoms with Crippen molar-refractivity contribution < 1.29 is 10.5 Å². The van der Waals surface area contributed by atoms with Gasteiger partial charge in [0.05, 0.1) is 11.4 Å². The third-order valence-corrected chi connectivity index (χ3v) is 4.89. The normalized spacial score (nSPS) is 16.6. The van der Waals surface area contributed by atoms with E-state index in [2.05, 4.69) is 16.4 Å². The van der Waals surface area contributed by atoms with Gasteiger partial charge < -0.3 is 22.1 Å². The van der Waals surface area contributed by atoms with Gasteiger partial charge in [-0.2, -0.15) is 0 Å². The number of fused-ring (bicyclic) bond motifs is 1. The van der Waals surface area contributed by atoms with Crippen LogP contribution in [0, 0.1) is 0 Å². The van der Waals surface area contributed by atoms with Crippen molar-refractivity contribution in [3.8, 4) is 0 Å². The van der Waals surface area contributed by atoms with Crippen LogP contribution in [0.5, 0.6) is 0 Å². The first-order chi connectivity index (χ1) is 15.1. The second-order valence-corrected chi connectivity index (χ2v) is 7.11. The largest absolute Gasteiger partial charge is 0.398 e. The van der Waals surface area contributed by atoms with Gasteiger partial charge in [-0.15, -0.1) is 0 Å². The number of hydrogen-bond donors (Lipinski definition) is 4. The molecule has 0 bridgehead atoms. The Kier molecular flexibility index (Phi) is 5.91. The van der Waals surface area contributed by atoms with E-state index in [4.69, 9.17) is 10.7 Å². The molecular formula is C25H24N5O+. The molecule has 6 nitrogen and oxygen atoms in total. The number of quaternary nitrogens is 1. The summed E-state index contributed by atoms with van der Waals surface area (Å²) in [5, 5.41) is 6.06. The average molecular weight is 411 g/mol. The van der Waals surface area contributed by atoms with Crippen molar-refractivity contribution in [1.29, 1.82) is 0 Å². The van der Waals surface area contributed by atoms with E-state index >= 15 is 0 Å². The predicted molar refractivity (Wildman–Crippen MR) is 124 cm³/mol. The van der Waals surface area contributed by atoms with Crippen LogP contribution in [-0.2, 0) is 4.79 Å². The number of hydrogen-bond acceptors (Lipinski definition) is 4. The number of benzene rings is 3. The van der Waals surface area contributed by atoms with Crippen LogP contribution in [-0.4, -0.2) is 17.8 Å². The van der Waals surface area contributed by atoms with Gasteiger partial charge in [-0.25, -0.2) is 4.99 Å². The number of carbonyl (C=O) groups is 1. The number of para-hydroxylation sites is 1. The maximum atomic E-state index is 12.9. The van der Waals surface area contributed by atoms with Crippen molar-refractivity contribution in [2.75, 3.05) is 5.32 Å². The fourth-order valence-corrected chi connectivity index (χ4v) is 3.32. The second kappa shape index (κ2) is 9.11. The summed E-state index contributed by atoms with van der Waals surface area (Å²) in [5.74, 6) is 0.272. The van der Waals surface area contributed by atoms with Crippen LogP contribution in [0.3, 0.4) is 0 Å². The van der Waals surface area contributed by atoms with Crippen LogP contribution in [0.25, 0.3) is 5.70 Å². The highest BCUT2D eigenvalue weighted by Gasteiger charge is 2.26. The first kappa shape index (κ1) is 20.1. The van der Waals surface area contributed by atoms with Gasteiger partial charge in [-0.05, 0) is 17.7 Å². The quantitative estimate of drug-likeness (QED) is 0.485. The Bertz CT molecular complexity index is 1170. The minimum Gasteiger partial charge on any atom is -0.398 e. The fourth-order valence-electron chi connectivity index (χ4n) is 3.32. The highest BCUT2D eigenvalue weighted by atomic mass is 16.2. The molecular weight excluding hydrogens is 386 g/mol. The Morgan fingerprint density at radius 3 is 2.32 bits per heavy atom. The molecule has 1 aliphatic heterocycles. The molecule has 0 spiro atoms. The van der Waals surface area contributed by atoms with Gasteiger partial charge >= 0.3 is 0 Å². The summed E-state index contributed by atoms with van der Waals surface area (Å²) in [6.07, 6.45) is 2.67. The van der Waals surface area contributed by atoms with Crippen molar-refractivity contribution in [2.24, 2.45) is 10.7 Å². The fraction of sp³-hybridized carbons (Fsp3) is 0.0400. The van der Waals surface area contributed by atoms with Gasteiger partial charge in [0, 0.05) is 22.9 Å². The predicted octanol–water partition coefficient (Wildman–Crippen LogP) is 2.47. The van der Waals surface area contributed by atoms with Gasteiger partial charge in [-0.1, -0.05) is 78.9 Å². The van der Waals surface area contributed by atoms with Crippen molar-refractivity contribution in [2.45, 2.75) is 6.17 Å². The number of nitrogens with two attached hydrogens (primary N) is 1. The Balaban J connectivity index is 1.64. The molecule has 0 aromatic heterocycles. The molecule has 31 heavy (non-hydrogen) atoms. The molecule has 0 radical (unpaired) electrons. The van der Waals surface area contributed by atoms with Crippen molar-refractivity contribution in [1.82, 2.24) is 5.32 Å². The standard InChI is InChI=1S/C25H23N5O/c26-20(17-9-3-1-4-10-17)15-16-22(27)29-24-25(31)28-21-14-8-7-13-19(21)23(30-24)18-11-5-2-6-12-18/h1-16,24,29H,26-27H2,(H,28,31)/p+1/b20-15-,22-16+. The summed E-state index contributed by atoms with van der Waals surface area (Å²) in [6, 6.07) is 27.1. The molecule has 7 N–H and O–H groups in total. The minimum atomic E-state index is -0.835. The molecule has 1 unspecified atom stereocenters. The maximum Gasteiger partial charge on any atom is 0.269 e. The van der Waals surface area contributed by atoms with Crippen LogP contribution >= 0.6 is 0 Å². The molecule has 1 aliphatic rings. The topological polar surface area (TPSA) is 107 Å². The van der Waals surface area contributed by atoms with Gasteiger partial charge in [0.2, 0.25) is 6.17 Å². The number of aliphatic imine (C=N–C) groups is 1. The summed E-state index contributed by atoms with van der Waals surface area (Å²) >= 11 is 0.